The second-order valence-electron chi connectivity index (χ2n) is 5.77. The number of hydrogen-bond donors (Lipinski definition) is 1. The summed E-state index contributed by atoms with van der Waals surface area (Å²) < 4.78 is 5.44. The minimum absolute atomic E-state index is 0. The second kappa shape index (κ2) is 6.37. The SMILES string of the molecule is C1CC2CN(CCC3CCOC3)CC(C1)N2.Cl. The summed E-state index contributed by atoms with van der Waals surface area (Å²) in [6.07, 6.45) is 6.85. The molecule has 0 aromatic carbocycles. The molecular formula is C13H25ClN2O. The van der Waals surface area contributed by atoms with E-state index in [1.54, 1.807) is 0 Å². The lowest BCUT2D eigenvalue weighted by atomic mass is 9.93. The van der Waals surface area contributed by atoms with Crippen LogP contribution in [-0.4, -0.2) is 49.8 Å². The third-order valence-electron chi connectivity index (χ3n) is 4.41. The van der Waals surface area contributed by atoms with E-state index < -0.39 is 0 Å². The summed E-state index contributed by atoms with van der Waals surface area (Å²) in [6, 6.07) is 1.57. The number of fused-ring (bicyclic) bond motifs is 2. The molecule has 0 amide bonds. The van der Waals surface area contributed by atoms with Crippen LogP contribution in [0, 0.1) is 5.92 Å². The van der Waals surface area contributed by atoms with Gasteiger partial charge in [-0.15, -0.1) is 12.4 Å². The Morgan fingerprint density at radius 3 is 2.53 bits per heavy atom. The number of ether oxygens (including phenoxy) is 1. The van der Waals surface area contributed by atoms with Crippen LogP contribution < -0.4 is 5.32 Å². The summed E-state index contributed by atoms with van der Waals surface area (Å²) in [5.41, 5.74) is 0. The Kier molecular flexibility index (Phi) is 5.10. The monoisotopic (exact) mass is 260 g/mol. The molecule has 3 unspecified atom stereocenters. The highest BCUT2D eigenvalue weighted by Crippen LogP contribution is 2.21. The van der Waals surface area contributed by atoms with Crippen LogP contribution in [-0.2, 0) is 4.74 Å². The van der Waals surface area contributed by atoms with Crippen molar-refractivity contribution in [1.29, 1.82) is 0 Å². The molecule has 0 saturated carbocycles. The van der Waals surface area contributed by atoms with Crippen molar-refractivity contribution < 1.29 is 4.74 Å². The van der Waals surface area contributed by atoms with Crippen LogP contribution in [0.15, 0.2) is 0 Å². The highest BCUT2D eigenvalue weighted by Gasteiger charge is 2.29. The Morgan fingerprint density at radius 2 is 1.88 bits per heavy atom. The molecule has 3 fully saturated rings. The first-order chi connectivity index (χ1) is 7.90. The Bertz CT molecular complexity index is 221. The Labute approximate surface area is 111 Å². The fourth-order valence-corrected chi connectivity index (χ4v) is 3.46. The molecule has 3 heterocycles. The number of nitrogens with one attached hydrogen (secondary N) is 1. The van der Waals surface area contributed by atoms with Crippen LogP contribution in [0.4, 0.5) is 0 Å². The second-order valence-corrected chi connectivity index (χ2v) is 5.77. The third-order valence-corrected chi connectivity index (χ3v) is 4.41. The summed E-state index contributed by atoms with van der Waals surface area (Å²) in [6.45, 7) is 5.87. The van der Waals surface area contributed by atoms with Crippen LogP contribution >= 0.6 is 12.4 Å². The topological polar surface area (TPSA) is 24.5 Å². The molecule has 0 aliphatic carbocycles. The zero-order valence-corrected chi connectivity index (χ0v) is 11.4. The fourth-order valence-electron chi connectivity index (χ4n) is 3.46. The molecule has 0 spiro atoms. The van der Waals surface area contributed by atoms with Crippen LogP contribution in [0.25, 0.3) is 0 Å². The first kappa shape index (κ1) is 13.6. The lowest BCUT2D eigenvalue weighted by Crippen LogP contribution is -2.58. The van der Waals surface area contributed by atoms with E-state index in [-0.39, 0.29) is 12.4 Å². The standard InChI is InChI=1S/C13H24N2O.ClH/c1-2-12-8-15(9-13(3-1)14-12)6-4-11-5-7-16-10-11;/h11-14H,1-10H2;1H. The molecule has 3 nitrogen and oxygen atoms in total. The van der Waals surface area contributed by atoms with E-state index in [2.05, 4.69) is 10.2 Å². The number of nitrogens with zero attached hydrogens (tertiary/aromatic N) is 1. The lowest BCUT2D eigenvalue weighted by molar-refractivity contribution is 0.116. The van der Waals surface area contributed by atoms with Gasteiger partial charge >= 0.3 is 0 Å². The zero-order valence-electron chi connectivity index (χ0n) is 10.6. The average Bonchev–Trinajstić information content (AvgIpc) is 2.79. The van der Waals surface area contributed by atoms with Gasteiger partial charge in [0.25, 0.3) is 0 Å². The molecule has 1 N–H and O–H groups in total. The molecule has 3 rings (SSSR count). The van der Waals surface area contributed by atoms with Gasteiger partial charge in [-0.25, -0.2) is 0 Å². The van der Waals surface area contributed by atoms with Gasteiger partial charge in [-0.3, -0.25) is 0 Å². The Hall–Kier alpha value is 0.170. The summed E-state index contributed by atoms with van der Waals surface area (Å²) in [4.78, 5) is 2.68. The highest BCUT2D eigenvalue weighted by atomic mass is 35.5. The molecule has 3 atom stereocenters. The molecule has 3 saturated heterocycles. The maximum atomic E-state index is 5.44. The van der Waals surface area contributed by atoms with Gasteiger partial charge in [-0.05, 0) is 38.1 Å². The van der Waals surface area contributed by atoms with Gasteiger partial charge in [0.05, 0.1) is 0 Å². The molecule has 0 aromatic rings. The normalized spacial score (nSPS) is 37.8. The van der Waals surface area contributed by atoms with E-state index in [1.807, 2.05) is 0 Å². The Morgan fingerprint density at radius 1 is 1.12 bits per heavy atom. The molecular weight excluding hydrogens is 236 g/mol. The molecule has 2 bridgehead atoms. The minimum Gasteiger partial charge on any atom is -0.381 e. The van der Waals surface area contributed by atoms with E-state index in [4.69, 9.17) is 4.74 Å². The largest absolute Gasteiger partial charge is 0.381 e. The third kappa shape index (κ3) is 3.57. The summed E-state index contributed by atoms with van der Waals surface area (Å²) >= 11 is 0. The fraction of sp³-hybridized carbons (Fsp3) is 1.00. The summed E-state index contributed by atoms with van der Waals surface area (Å²) in [5, 5.41) is 3.74. The minimum atomic E-state index is 0. The molecule has 0 aromatic heterocycles. The smallest absolute Gasteiger partial charge is 0.0495 e. The van der Waals surface area contributed by atoms with Gasteiger partial charge in [-0.1, -0.05) is 6.42 Å². The predicted molar refractivity (Wildman–Crippen MR) is 71.8 cm³/mol. The number of piperazine rings is 1. The van der Waals surface area contributed by atoms with Gasteiger partial charge < -0.3 is 15.0 Å². The van der Waals surface area contributed by atoms with Gasteiger partial charge in [0, 0.05) is 38.4 Å². The van der Waals surface area contributed by atoms with Crippen molar-refractivity contribution in [2.45, 2.75) is 44.2 Å². The lowest BCUT2D eigenvalue weighted by Gasteiger charge is -2.42. The van der Waals surface area contributed by atoms with Crippen LogP contribution in [0.3, 0.4) is 0 Å². The van der Waals surface area contributed by atoms with Crippen molar-refractivity contribution in [3.63, 3.8) is 0 Å². The highest BCUT2D eigenvalue weighted by molar-refractivity contribution is 5.85. The first-order valence-corrected chi connectivity index (χ1v) is 6.96. The predicted octanol–water partition coefficient (Wildman–Crippen LogP) is 1.66. The van der Waals surface area contributed by atoms with Crippen molar-refractivity contribution in [3.05, 3.63) is 0 Å². The van der Waals surface area contributed by atoms with Crippen molar-refractivity contribution in [2.75, 3.05) is 32.8 Å². The van der Waals surface area contributed by atoms with Gasteiger partial charge in [0.2, 0.25) is 0 Å². The van der Waals surface area contributed by atoms with Gasteiger partial charge in [0.15, 0.2) is 0 Å². The number of likely N-dealkylation sites (tertiary alicyclic amines) is 1. The quantitative estimate of drug-likeness (QED) is 0.835. The van der Waals surface area contributed by atoms with Crippen LogP contribution in [0.5, 0.6) is 0 Å². The van der Waals surface area contributed by atoms with Crippen molar-refractivity contribution >= 4 is 12.4 Å². The van der Waals surface area contributed by atoms with E-state index in [0.717, 1.165) is 31.2 Å². The summed E-state index contributed by atoms with van der Waals surface area (Å²) in [5.74, 6) is 0.842. The van der Waals surface area contributed by atoms with Gasteiger partial charge in [-0.2, -0.15) is 0 Å². The van der Waals surface area contributed by atoms with E-state index in [1.165, 1.54) is 51.7 Å². The summed E-state index contributed by atoms with van der Waals surface area (Å²) in [7, 11) is 0. The molecule has 4 heteroatoms. The van der Waals surface area contributed by atoms with Crippen molar-refractivity contribution in [3.8, 4) is 0 Å². The zero-order chi connectivity index (χ0) is 10.8. The maximum Gasteiger partial charge on any atom is 0.0495 e. The van der Waals surface area contributed by atoms with Crippen molar-refractivity contribution in [1.82, 2.24) is 10.2 Å². The van der Waals surface area contributed by atoms with E-state index in [0.29, 0.717) is 0 Å². The van der Waals surface area contributed by atoms with Crippen LogP contribution in [0.2, 0.25) is 0 Å². The number of halogens is 1. The van der Waals surface area contributed by atoms with Gasteiger partial charge in [0.1, 0.15) is 0 Å². The molecule has 0 radical (unpaired) electrons. The first-order valence-electron chi connectivity index (χ1n) is 6.96. The van der Waals surface area contributed by atoms with Crippen molar-refractivity contribution in [2.24, 2.45) is 5.92 Å². The average molecular weight is 261 g/mol. The number of piperidine rings is 1. The van der Waals surface area contributed by atoms with Crippen LogP contribution in [0.1, 0.15) is 32.1 Å². The number of rotatable bonds is 3. The molecule has 3 aliphatic heterocycles. The van der Waals surface area contributed by atoms with E-state index >= 15 is 0 Å². The molecule has 3 aliphatic rings. The molecule has 17 heavy (non-hydrogen) atoms. The molecule has 100 valence electrons. The Balaban J connectivity index is 0.00000108. The number of hydrogen-bond acceptors (Lipinski definition) is 3. The maximum absolute atomic E-state index is 5.44. The van der Waals surface area contributed by atoms with E-state index in [9.17, 15) is 0 Å².